The third-order valence-electron chi connectivity index (χ3n) is 2.89. The van der Waals surface area contributed by atoms with E-state index in [0.29, 0.717) is 18.0 Å². The largest absolute Gasteiger partial charge is 0.351 e. The van der Waals surface area contributed by atoms with Crippen LogP contribution in [0.1, 0.15) is 36.2 Å². The average Bonchev–Trinajstić information content (AvgIpc) is 2.35. The number of nitro benzene ring substituents is 1. The van der Waals surface area contributed by atoms with Crippen molar-refractivity contribution in [2.75, 3.05) is 6.54 Å². The lowest BCUT2D eigenvalue weighted by Crippen LogP contribution is -2.30. The third-order valence-corrected chi connectivity index (χ3v) is 3.59. The van der Waals surface area contributed by atoms with Crippen LogP contribution in [0.5, 0.6) is 0 Å². The maximum absolute atomic E-state index is 12.1. The van der Waals surface area contributed by atoms with Crippen molar-refractivity contribution in [3.05, 3.63) is 39.4 Å². The topological polar surface area (TPSA) is 72.2 Å². The Bertz CT molecular complexity index is 503. The Morgan fingerprint density at radius 3 is 2.65 bits per heavy atom. The monoisotopic (exact) mass is 342 g/mol. The van der Waals surface area contributed by atoms with E-state index in [1.165, 1.54) is 12.1 Å². The molecule has 6 heteroatoms. The highest BCUT2D eigenvalue weighted by molar-refractivity contribution is 9.09. The zero-order valence-corrected chi connectivity index (χ0v) is 13.4. The summed E-state index contributed by atoms with van der Waals surface area (Å²) in [6, 6.07) is 4.31. The number of aryl methyl sites for hydroxylation is 1. The Balaban J connectivity index is 2.72. The third kappa shape index (κ3) is 4.92. The lowest BCUT2D eigenvalue weighted by Gasteiger charge is -2.14. The molecule has 0 aliphatic carbocycles. The van der Waals surface area contributed by atoms with Gasteiger partial charge < -0.3 is 5.32 Å². The van der Waals surface area contributed by atoms with Crippen LogP contribution in [0.2, 0.25) is 0 Å². The maximum atomic E-state index is 12.1. The quantitative estimate of drug-likeness (QED) is 0.489. The first-order valence-corrected chi connectivity index (χ1v) is 7.40. The molecule has 0 aliphatic heterocycles. The minimum atomic E-state index is -0.498. The van der Waals surface area contributed by atoms with Gasteiger partial charge in [0.05, 0.1) is 4.92 Å². The second-order valence-electron chi connectivity index (χ2n) is 5.19. The molecule has 5 nitrogen and oxygen atoms in total. The number of carbonyl (C=O) groups excluding carboxylic acids is 1. The van der Waals surface area contributed by atoms with E-state index in [9.17, 15) is 14.9 Å². The highest BCUT2D eigenvalue weighted by atomic mass is 79.9. The number of benzene rings is 1. The van der Waals surface area contributed by atoms with E-state index in [1.54, 1.807) is 13.0 Å². The van der Waals surface area contributed by atoms with Crippen molar-refractivity contribution >= 4 is 27.5 Å². The minimum absolute atomic E-state index is 0.0710. The van der Waals surface area contributed by atoms with Crippen molar-refractivity contribution in [1.82, 2.24) is 5.32 Å². The predicted molar refractivity (Wildman–Crippen MR) is 82.3 cm³/mol. The highest BCUT2D eigenvalue weighted by Crippen LogP contribution is 2.17. The number of halogens is 1. The fourth-order valence-electron chi connectivity index (χ4n) is 1.86. The molecule has 1 atom stereocenters. The molecule has 1 N–H and O–H groups in total. The smallest absolute Gasteiger partial charge is 0.270 e. The molecule has 0 aliphatic rings. The Hall–Kier alpha value is -1.43. The van der Waals surface area contributed by atoms with E-state index < -0.39 is 4.92 Å². The Morgan fingerprint density at radius 2 is 2.10 bits per heavy atom. The molecular weight excluding hydrogens is 324 g/mol. The molecule has 20 heavy (non-hydrogen) atoms. The fourth-order valence-corrected chi connectivity index (χ4v) is 2.77. The number of rotatable bonds is 6. The van der Waals surface area contributed by atoms with Crippen LogP contribution in [-0.2, 0) is 0 Å². The molecule has 0 aromatic heterocycles. The molecule has 1 amide bonds. The second kappa shape index (κ2) is 7.38. The number of alkyl halides is 1. The van der Waals surface area contributed by atoms with Gasteiger partial charge in [-0.05, 0) is 24.8 Å². The van der Waals surface area contributed by atoms with E-state index in [1.807, 2.05) is 0 Å². The molecule has 1 aromatic carbocycles. The molecule has 1 aromatic rings. The van der Waals surface area contributed by atoms with Crippen LogP contribution in [0.15, 0.2) is 18.2 Å². The van der Waals surface area contributed by atoms with Crippen LogP contribution in [0.4, 0.5) is 5.69 Å². The summed E-state index contributed by atoms with van der Waals surface area (Å²) in [4.78, 5) is 22.5. The van der Waals surface area contributed by atoms with Gasteiger partial charge in [-0.25, -0.2) is 0 Å². The van der Waals surface area contributed by atoms with E-state index in [4.69, 9.17) is 0 Å². The van der Waals surface area contributed by atoms with Crippen LogP contribution in [0.3, 0.4) is 0 Å². The van der Waals surface area contributed by atoms with Crippen molar-refractivity contribution in [1.29, 1.82) is 0 Å². The van der Waals surface area contributed by atoms with Gasteiger partial charge in [0.1, 0.15) is 0 Å². The van der Waals surface area contributed by atoms with E-state index in [-0.39, 0.29) is 16.4 Å². The SMILES string of the molecule is Cc1ccc([N+](=O)[O-])cc1C(=O)NCC(Br)CC(C)C. The summed E-state index contributed by atoms with van der Waals surface area (Å²) in [6.45, 7) is 6.49. The summed E-state index contributed by atoms with van der Waals surface area (Å²) in [7, 11) is 0. The summed E-state index contributed by atoms with van der Waals surface area (Å²) < 4.78 is 0. The number of nitro groups is 1. The molecular formula is C14H19BrN2O3. The predicted octanol–water partition coefficient (Wildman–Crippen LogP) is 3.44. The number of nitrogens with zero attached hydrogens (tertiary/aromatic N) is 1. The standard InChI is InChI=1S/C14H19BrN2O3/c1-9(2)6-11(15)8-16-14(18)13-7-12(17(19)20)5-4-10(13)3/h4-5,7,9,11H,6,8H2,1-3H3,(H,16,18). The van der Waals surface area contributed by atoms with Crippen molar-refractivity contribution in [2.24, 2.45) is 5.92 Å². The zero-order chi connectivity index (χ0) is 15.3. The van der Waals surface area contributed by atoms with Gasteiger partial charge in [-0.2, -0.15) is 0 Å². The number of hydrogen-bond donors (Lipinski definition) is 1. The molecule has 0 bridgehead atoms. The molecule has 0 fully saturated rings. The number of carbonyl (C=O) groups is 1. The number of amides is 1. The highest BCUT2D eigenvalue weighted by Gasteiger charge is 2.15. The van der Waals surface area contributed by atoms with Crippen LogP contribution in [0.25, 0.3) is 0 Å². The number of nitrogens with one attached hydrogen (secondary N) is 1. The average molecular weight is 343 g/mol. The zero-order valence-electron chi connectivity index (χ0n) is 11.9. The maximum Gasteiger partial charge on any atom is 0.270 e. The molecule has 1 unspecified atom stereocenters. The fraction of sp³-hybridized carbons (Fsp3) is 0.500. The van der Waals surface area contributed by atoms with Gasteiger partial charge in [0.2, 0.25) is 0 Å². The van der Waals surface area contributed by atoms with Gasteiger partial charge in [-0.15, -0.1) is 0 Å². The van der Waals surface area contributed by atoms with E-state index in [2.05, 4.69) is 35.1 Å². The lowest BCUT2D eigenvalue weighted by molar-refractivity contribution is -0.384. The van der Waals surface area contributed by atoms with Gasteiger partial charge in [0.25, 0.3) is 11.6 Å². The van der Waals surface area contributed by atoms with Crippen molar-refractivity contribution < 1.29 is 9.72 Å². The minimum Gasteiger partial charge on any atom is -0.351 e. The molecule has 0 heterocycles. The van der Waals surface area contributed by atoms with E-state index >= 15 is 0 Å². The first kappa shape index (κ1) is 16.6. The Labute approximate surface area is 127 Å². The van der Waals surface area contributed by atoms with Crippen molar-refractivity contribution in [2.45, 2.75) is 32.0 Å². The van der Waals surface area contributed by atoms with Crippen LogP contribution >= 0.6 is 15.9 Å². The van der Waals surface area contributed by atoms with Gasteiger partial charge in [0, 0.05) is 29.1 Å². The number of non-ortho nitro benzene ring substituents is 1. The van der Waals surface area contributed by atoms with Gasteiger partial charge in [-0.1, -0.05) is 35.8 Å². The summed E-state index contributed by atoms with van der Waals surface area (Å²) in [5, 5.41) is 13.5. The molecule has 0 saturated carbocycles. The first-order chi connectivity index (χ1) is 9.31. The Kier molecular flexibility index (Phi) is 6.13. The molecule has 110 valence electrons. The van der Waals surface area contributed by atoms with Gasteiger partial charge in [0.15, 0.2) is 0 Å². The lowest BCUT2D eigenvalue weighted by atomic mass is 10.1. The molecule has 0 spiro atoms. The second-order valence-corrected chi connectivity index (χ2v) is 6.49. The van der Waals surface area contributed by atoms with Gasteiger partial charge in [-0.3, -0.25) is 14.9 Å². The molecule has 0 saturated heterocycles. The Morgan fingerprint density at radius 1 is 1.45 bits per heavy atom. The molecule has 0 radical (unpaired) electrons. The normalized spacial score (nSPS) is 12.2. The van der Waals surface area contributed by atoms with E-state index in [0.717, 1.165) is 12.0 Å². The van der Waals surface area contributed by atoms with Crippen LogP contribution in [0, 0.1) is 23.0 Å². The summed E-state index contributed by atoms with van der Waals surface area (Å²) in [6.07, 6.45) is 0.953. The van der Waals surface area contributed by atoms with Crippen molar-refractivity contribution in [3.63, 3.8) is 0 Å². The summed E-state index contributed by atoms with van der Waals surface area (Å²) >= 11 is 3.51. The van der Waals surface area contributed by atoms with Crippen molar-refractivity contribution in [3.8, 4) is 0 Å². The molecule has 1 rings (SSSR count). The first-order valence-electron chi connectivity index (χ1n) is 6.48. The summed E-state index contributed by atoms with van der Waals surface area (Å²) in [5.74, 6) is 0.259. The van der Waals surface area contributed by atoms with Crippen LogP contribution < -0.4 is 5.32 Å². The van der Waals surface area contributed by atoms with Crippen LogP contribution in [-0.4, -0.2) is 22.2 Å². The summed E-state index contributed by atoms with van der Waals surface area (Å²) in [5.41, 5.74) is 1.00. The van der Waals surface area contributed by atoms with Gasteiger partial charge >= 0.3 is 0 Å². The number of hydrogen-bond acceptors (Lipinski definition) is 3.